The number of rotatable bonds is 4. The first-order valence-corrected chi connectivity index (χ1v) is 7.87. The fourth-order valence-corrected chi connectivity index (χ4v) is 3.21. The van der Waals surface area contributed by atoms with E-state index < -0.39 is 5.60 Å². The molecule has 1 atom stereocenters. The maximum Gasteiger partial charge on any atom is 0.108 e. The third kappa shape index (κ3) is 3.03. The van der Waals surface area contributed by atoms with Gasteiger partial charge in [0, 0.05) is 25.9 Å². The van der Waals surface area contributed by atoms with E-state index in [1.54, 1.807) is 0 Å². The van der Waals surface area contributed by atoms with Crippen molar-refractivity contribution < 1.29 is 5.11 Å². The molecule has 0 saturated heterocycles. The molecule has 2 aromatic rings. The fraction of sp³-hybridized carbons (Fsp3) is 0.500. The number of nitrogens with zero attached hydrogens (tertiary/aromatic N) is 2. The molecular formula is C18H24N2O. The van der Waals surface area contributed by atoms with Gasteiger partial charge in [-0.15, -0.1) is 0 Å². The van der Waals surface area contributed by atoms with Crippen molar-refractivity contribution in [3.63, 3.8) is 0 Å². The fourth-order valence-electron chi connectivity index (χ4n) is 3.21. The quantitative estimate of drug-likeness (QED) is 0.936. The average Bonchev–Trinajstić information content (AvgIpc) is 2.90. The van der Waals surface area contributed by atoms with Crippen molar-refractivity contribution in [3.05, 3.63) is 53.1 Å². The molecule has 0 aliphatic heterocycles. The summed E-state index contributed by atoms with van der Waals surface area (Å²) in [6.45, 7) is 1.92. The second-order valence-corrected chi connectivity index (χ2v) is 6.42. The Balaban J connectivity index is 1.76. The Labute approximate surface area is 126 Å². The molecule has 21 heavy (non-hydrogen) atoms. The lowest BCUT2D eigenvalue weighted by molar-refractivity contribution is 0.0472. The van der Waals surface area contributed by atoms with Crippen LogP contribution < -0.4 is 0 Å². The molecule has 0 saturated carbocycles. The van der Waals surface area contributed by atoms with Crippen molar-refractivity contribution in [2.24, 2.45) is 7.05 Å². The molecule has 0 fully saturated rings. The number of hydrogen-bond acceptors (Lipinski definition) is 2. The maximum atomic E-state index is 10.8. The van der Waals surface area contributed by atoms with Crippen molar-refractivity contribution >= 4 is 0 Å². The van der Waals surface area contributed by atoms with E-state index in [-0.39, 0.29) is 0 Å². The van der Waals surface area contributed by atoms with Crippen LogP contribution in [0.3, 0.4) is 0 Å². The van der Waals surface area contributed by atoms with E-state index in [1.165, 1.54) is 30.4 Å². The molecule has 112 valence electrons. The molecule has 0 radical (unpaired) electrons. The first-order chi connectivity index (χ1) is 10.1. The predicted octanol–water partition coefficient (Wildman–Crippen LogP) is 3.14. The van der Waals surface area contributed by atoms with Crippen molar-refractivity contribution in [2.75, 3.05) is 0 Å². The monoisotopic (exact) mass is 284 g/mol. The van der Waals surface area contributed by atoms with E-state index in [4.69, 9.17) is 0 Å². The van der Waals surface area contributed by atoms with Gasteiger partial charge in [-0.2, -0.15) is 0 Å². The minimum Gasteiger partial charge on any atom is -0.385 e. The summed E-state index contributed by atoms with van der Waals surface area (Å²) < 4.78 is 2.02. The first kappa shape index (κ1) is 14.3. The van der Waals surface area contributed by atoms with E-state index in [1.807, 2.05) is 30.9 Å². The molecule has 1 aliphatic carbocycles. The number of benzene rings is 1. The first-order valence-electron chi connectivity index (χ1n) is 7.87. The molecule has 0 bridgehead atoms. The minimum absolute atomic E-state index is 0.691. The third-order valence-electron chi connectivity index (χ3n) is 4.73. The van der Waals surface area contributed by atoms with Crippen LogP contribution in [-0.4, -0.2) is 14.7 Å². The van der Waals surface area contributed by atoms with Crippen LogP contribution in [0.25, 0.3) is 0 Å². The molecule has 3 heteroatoms. The normalized spacial score (nSPS) is 17.3. The Morgan fingerprint density at radius 2 is 2.00 bits per heavy atom. The van der Waals surface area contributed by atoms with Gasteiger partial charge in [-0.25, -0.2) is 4.98 Å². The topological polar surface area (TPSA) is 38.0 Å². The molecule has 3 rings (SSSR count). The highest BCUT2D eigenvalue weighted by Crippen LogP contribution is 2.30. The highest BCUT2D eigenvalue weighted by Gasteiger charge is 2.25. The van der Waals surface area contributed by atoms with Gasteiger partial charge >= 0.3 is 0 Å². The Hall–Kier alpha value is -1.61. The molecular weight excluding hydrogens is 260 g/mol. The number of aryl methyl sites for hydroxylation is 4. The van der Waals surface area contributed by atoms with Gasteiger partial charge in [-0.1, -0.05) is 18.2 Å². The van der Waals surface area contributed by atoms with E-state index in [0.717, 1.165) is 24.2 Å². The second-order valence-electron chi connectivity index (χ2n) is 6.42. The number of imidazole rings is 1. The largest absolute Gasteiger partial charge is 0.385 e. The lowest BCUT2D eigenvalue weighted by Crippen LogP contribution is -2.23. The summed E-state index contributed by atoms with van der Waals surface area (Å²) in [4.78, 5) is 4.33. The molecule has 1 N–H and O–H groups in total. The van der Waals surface area contributed by atoms with Crippen LogP contribution in [0.4, 0.5) is 0 Å². The lowest BCUT2D eigenvalue weighted by atomic mass is 9.84. The number of hydrogen-bond donors (Lipinski definition) is 1. The Bertz CT molecular complexity index is 628. The van der Waals surface area contributed by atoms with E-state index in [0.29, 0.717) is 6.42 Å². The van der Waals surface area contributed by atoms with Crippen molar-refractivity contribution in [3.8, 4) is 0 Å². The number of aromatic nitrogens is 2. The highest BCUT2D eigenvalue weighted by atomic mass is 16.3. The third-order valence-corrected chi connectivity index (χ3v) is 4.73. The zero-order valence-corrected chi connectivity index (χ0v) is 13.0. The van der Waals surface area contributed by atoms with Gasteiger partial charge in [0.25, 0.3) is 0 Å². The van der Waals surface area contributed by atoms with E-state index in [9.17, 15) is 5.11 Å². The Morgan fingerprint density at radius 3 is 2.71 bits per heavy atom. The summed E-state index contributed by atoms with van der Waals surface area (Å²) in [6.07, 6.45) is 10.1. The van der Waals surface area contributed by atoms with Crippen LogP contribution >= 0.6 is 0 Å². The molecule has 1 aliphatic rings. The highest BCUT2D eigenvalue weighted by molar-refractivity contribution is 5.36. The summed E-state index contributed by atoms with van der Waals surface area (Å²) in [6, 6.07) is 6.52. The average molecular weight is 284 g/mol. The minimum atomic E-state index is -0.793. The zero-order valence-electron chi connectivity index (χ0n) is 13.0. The smallest absolute Gasteiger partial charge is 0.108 e. The van der Waals surface area contributed by atoms with Crippen molar-refractivity contribution in [2.45, 2.75) is 51.0 Å². The molecule has 1 aromatic heterocycles. The standard InChI is InChI=1S/C18H24N2O/c1-18(21,10-9-17-19-11-12-20(17)2)16-8-7-14-5-3-4-6-15(14)13-16/h7-8,11-13,21H,3-6,9-10H2,1-2H3. The van der Waals surface area contributed by atoms with Gasteiger partial charge in [-0.05, 0) is 55.7 Å². The van der Waals surface area contributed by atoms with Crippen LogP contribution in [0.5, 0.6) is 0 Å². The summed E-state index contributed by atoms with van der Waals surface area (Å²) in [7, 11) is 2.00. The molecule has 1 aromatic carbocycles. The molecule has 0 amide bonds. The van der Waals surface area contributed by atoms with Gasteiger partial charge in [-0.3, -0.25) is 0 Å². The van der Waals surface area contributed by atoms with E-state index >= 15 is 0 Å². The zero-order chi connectivity index (χ0) is 14.9. The lowest BCUT2D eigenvalue weighted by Gasteiger charge is -2.26. The van der Waals surface area contributed by atoms with Gasteiger partial charge in [0.15, 0.2) is 0 Å². The van der Waals surface area contributed by atoms with Crippen molar-refractivity contribution in [1.82, 2.24) is 9.55 Å². The summed E-state index contributed by atoms with van der Waals surface area (Å²) >= 11 is 0. The summed E-state index contributed by atoms with van der Waals surface area (Å²) in [5, 5.41) is 10.8. The summed E-state index contributed by atoms with van der Waals surface area (Å²) in [5.41, 5.74) is 3.14. The SMILES string of the molecule is Cn1ccnc1CCC(C)(O)c1ccc2c(c1)CCCC2. The van der Waals surface area contributed by atoms with Gasteiger partial charge in [0.1, 0.15) is 5.82 Å². The van der Waals surface area contributed by atoms with Gasteiger partial charge in [0.05, 0.1) is 5.60 Å². The van der Waals surface area contributed by atoms with Crippen LogP contribution in [-0.2, 0) is 31.9 Å². The maximum absolute atomic E-state index is 10.8. The predicted molar refractivity (Wildman–Crippen MR) is 84.2 cm³/mol. The second kappa shape index (κ2) is 5.64. The molecule has 1 heterocycles. The molecule has 3 nitrogen and oxygen atoms in total. The van der Waals surface area contributed by atoms with Crippen LogP contribution in [0.2, 0.25) is 0 Å². The van der Waals surface area contributed by atoms with Gasteiger partial charge in [0.2, 0.25) is 0 Å². The Morgan fingerprint density at radius 1 is 1.24 bits per heavy atom. The van der Waals surface area contributed by atoms with Crippen LogP contribution in [0.15, 0.2) is 30.6 Å². The van der Waals surface area contributed by atoms with Crippen LogP contribution in [0, 0.1) is 0 Å². The number of fused-ring (bicyclic) bond motifs is 1. The molecule has 1 unspecified atom stereocenters. The van der Waals surface area contributed by atoms with E-state index in [2.05, 4.69) is 23.2 Å². The van der Waals surface area contributed by atoms with Crippen LogP contribution in [0.1, 0.15) is 48.7 Å². The summed E-state index contributed by atoms with van der Waals surface area (Å²) in [5.74, 6) is 1.02. The van der Waals surface area contributed by atoms with Crippen molar-refractivity contribution in [1.29, 1.82) is 0 Å². The van der Waals surface area contributed by atoms with Gasteiger partial charge < -0.3 is 9.67 Å². The number of aliphatic hydroxyl groups is 1. The Kier molecular flexibility index (Phi) is 3.85. The molecule has 0 spiro atoms.